The van der Waals surface area contributed by atoms with Gasteiger partial charge in [-0.3, -0.25) is 0 Å². The third-order valence-corrected chi connectivity index (χ3v) is 4.67. The molecule has 27 heavy (non-hydrogen) atoms. The van der Waals surface area contributed by atoms with Crippen LogP contribution < -0.4 is 5.76 Å². The fraction of sp³-hybridized carbons (Fsp3) is 0.263. The van der Waals surface area contributed by atoms with Crippen LogP contribution in [0.3, 0.4) is 0 Å². The van der Waals surface area contributed by atoms with E-state index >= 15 is 0 Å². The summed E-state index contributed by atoms with van der Waals surface area (Å²) in [4.78, 5) is 25.2. The van der Waals surface area contributed by atoms with Crippen molar-refractivity contribution >= 4 is 17.0 Å². The van der Waals surface area contributed by atoms with Crippen LogP contribution in [0.15, 0.2) is 50.2 Å². The van der Waals surface area contributed by atoms with E-state index in [2.05, 4.69) is 27.0 Å². The first-order chi connectivity index (χ1) is 13.2. The van der Waals surface area contributed by atoms with E-state index in [1.165, 1.54) is 28.9 Å². The quantitative estimate of drug-likeness (QED) is 0.386. The lowest BCUT2D eigenvalue weighted by Crippen LogP contribution is -2.11. The summed E-state index contributed by atoms with van der Waals surface area (Å²) in [5.41, 5.74) is 1.93. The molecule has 0 saturated heterocycles. The minimum absolute atomic E-state index is 0.206. The fourth-order valence-electron chi connectivity index (χ4n) is 2.35. The zero-order chi connectivity index (χ0) is 18.6. The normalized spacial score (nSPS) is 13.9. The topological polar surface area (TPSA) is 82.5 Å². The van der Waals surface area contributed by atoms with Gasteiger partial charge in [-0.2, -0.15) is 9.72 Å². The predicted molar refractivity (Wildman–Crippen MR) is 100 cm³/mol. The maximum absolute atomic E-state index is 11.4. The summed E-state index contributed by atoms with van der Waals surface area (Å²) in [6, 6.07) is 9.35. The number of hydrogen-bond donors (Lipinski definition) is 0. The summed E-state index contributed by atoms with van der Waals surface area (Å²) in [6.45, 7) is 0.206. The van der Waals surface area contributed by atoms with Crippen LogP contribution in [0.2, 0.25) is 0 Å². The lowest BCUT2D eigenvalue weighted by Gasteiger charge is -2.05. The van der Waals surface area contributed by atoms with Crippen molar-refractivity contribution in [2.24, 2.45) is 18.1 Å². The number of rotatable bonds is 5. The Balaban J connectivity index is 1.52. The summed E-state index contributed by atoms with van der Waals surface area (Å²) in [5, 5.41) is 6.88. The SMILES string of the molecule is Cn1oc(=O)nc1C(=NOCc1nc(C#CC2CC2)cs1)c1ccccc1. The molecule has 1 aliphatic rings. The van der Waals surface area contributed by atoms with Crippen molar-refractivity contribution in [1.82, 2.24) is 14.7 Å². The van der Waals surface area contributed by atoms with Gasteiger partial charge in [-0.25, -0.2) is 9.78 Å². The van der Waals surface area contributed by atoms with Gasteiger partial charge in [0.15, 0.2) is 18.1 Å². The molecule has 0 radical (unpaired) electrons. The van der Waals surface area contributed by atoms with Crippen LogP contribution in [-0.2, 0) is 18.5 Å². The Labute approximate surface area is 159 Å². The van der Waals surface area contributed by atoms with Crippen LogP contribution in [0, 0.1) is 17.8 Å². The number of thiazole rings is 1. The second kappa shape index (κ2) is 7.60. The molecule has 1 saturated carbocycles. The van der Waals surface area contributed by atoms with Gasteiger partial charge in [0.1, 0.15) is 10.7 Å². The molecule has 2 heterocycles. The van der Waals surface area contributed by atoms with E-state index in [-0.39, 0.29) is 6.61 Å². The molecule has 0 amide bonds. The first kappa shape index (κ1) is 17.2. The van der Waals surface area contributed by atoms with Gasteiger partial charge in [0, 0.05) is 23.9 Å². The third-order valence-electron chi connectivity index (χ3n) is 3.85. The molecule has 1 aliphatic carbocycles. The molecule has 0 unspecified atom stereocenters. The second-order valence-electron chi connectivity index (χ2n) is 6.04. The monoisotopic (exact) mass is 380 g/mol. The van der Waals surface area contributed by atoms with Crippen LogP contribution in [-0.4, -0.2) is 20.4 Å². The van der Waals surface area contributed by atoms with Gasteiger partial charge < -0.3 is 9.36 Å². The smallest absolute Gasteiger partial charge is 0.388 e. The van der Waals surface area contributed by atoms with Crippen molar-refractivity contribution in [3.63, 3.8) is 0 Å². The lowest BCUT2D eigenvalue weighted by molar-refractivity contribution is 0.130. The van der Waals surface area contributed by atoms with Gasteiger partial charge in [-0.05, 0) is 18.8 Å². The van der Waals surface area contributed by atoms with E-state index in [1.807, 2.05) is 35.7 Å². The lowest BCUT2D eigenvalue weighted by atomic mass is 10.1. The number of oxime groups is 1. The Morgan fingerprint density at radius 2 is 2.19 bits per heavy atom. The summed E-state index contributed by atoms with van der Waals surface area (Å²) in [5.74, 6) is 6.42. The molecular formula is C19H16N4O3S. The molecule has 0 aliphatic heterocycles. The van der Waals surface area contributed by atoms with E-state index in [1.54, 1.807) is 7.05 Å². The van der Waals surface area contributed by atoms with Crippen molar-refractivity contribution in [3.05, 3.63) is 68.4 Å². The minimum atomic E-state index is -0.685. The number of hydrogen-bond acceptors (Lipinski definition) is 7. The van der Waals surface area contributed by atoms with Crippen LogP contribution in [0.25, 0.3) is 0 Å². The molecule has 7 nitrogen and oxygen atoms in total. The van der Waals surface area contributed by atoms with Gasteiger partial charge in [0.25, 0.3) is 0 Å². The highest BCUT2D eigenvalue weighted by atomic mass is 32.1. The van der Waals surface area contributed by atoms with E-state index in [9.17, 15) is 4.79 Å². The Hall–Kier alpha value is -3.18. The van der Waals surface area contributed by atoms with Crippen LogP contribution in [0.4, 0.5) is 0 Å². The Kier molecular flexibility index (Phi) is 4.85. The third kappa shape index (κ3) is 4.33. The maximum Gasteiger partial charge on any atom is 0.460 e. The summed E-state index contributed by atoms with van der Waals surface area (Å²) >= 11 is 1.47. The zero-order valence-electron chi connectivity index (χ0n) is 14.6. The van der Waals surface area contributed by atoms with Crippen molar-refractivity contribution in [2.45, 2.75) is 19.4 Å². The minimum Gasteiger partial charge on any atom is -0.388 e. The molecule has 4 rings (SSSR count). The van der Waals surface area contributed by atoms with Crippen molar-refractivity contribution < 1.29 is 9.36 Å². The van der Waals surface area contributed by atoms with E-state index < -0.39 is 5.76 Å². The van der Waals surface area contributed by atoms with Crippen LogP contribution in [0.1, 0.15) is 34.9 Å². The molecule has 1 fully saturated rings. The van der Waals surface area contributed by atoms with Crippen LogP contribution in [0.5, 0.6) is 0 Å². The van der Waals surface area contributed by atoms with E-state index in [4.69, 9.17) is 9.36 Å². The van der Waals surface area contributed by atoms with Gasteiger partial charge in [-0.1, -0.05) is 41.4 Å². The highest BCUT2D eigenvalue weighted by Gasteiger charge is 2.18. The molecule has 136 valence electrons. The first-order valence-electron chi connectivity index (χ1n) is 8.45. The van der Waals surface area contributed by atoms with Gasteiger partial charge in [0.05, 0.1) is 0 Å². The number of aromatic nitrogens is 3. The standard InChI is InChI=1S/C19H16N4O3S/c1-23-18(21-19(24)26-23)17(14-5-3-2-4-6-14)22-25-11-16-20-15(12-27-16)10-9-13-7-8-13/h2-6,12-13H,7-8,11H2,1H3. The summed E-state index contributed by atoms with van der Waals surface area (Å²) < 4.78 is 6.19. The molecule has 3 aromatic rings. The highest BCUT2D eigenvalue weighted by Crippen LogP contribution is 2.27. The molecule has 0 bridgehead atoms. The van der Waals surface area contributed by atoms with E-state index in [0.717, 1.165) is 16.3 Å². The Morgan fingerprint density at radius 1 is 1.37 bits per heavy atom. The molecule has 1 aromatic carbocycles. The molecule has 2 aromatic heterocycles. The average molecular weight is 380 g/mol. The molecule has 8 heteroatoms. The largest absolute Gasteiger partial charge is 0.460 e. The van der Waals surface area contributed by atoms with Gasteiger partial charge in [-0.15, -0.1) is 11.3 Å². The highest BCUT2D eigenvalue weighted by molar-refractivity contribution is 7.09. The maximum atomic E-state index is 11.4. The molecule has 0 spiro atoms. The van der Waals surface area contributed by atoms with E-state index in [0.29, 0.717) is 17.5 Å². The number of aryl methyl sites for hydroxylation is 1. The molecular weight excluding hydrogens is 364 g/mol. The van der Waals surface area contributed by atoms with Crippen LogP contribution >= 0.6 is 11.3 Å². The zero-order valence-corrected chi connectivity index (χ0v) is 15.4. The number of benzene rings is 1. The number of nitrogens with zero attached hydrogens (tertiary/aromatic N) is 4. The summed E-state index contributed by atoms with van der Waals surface area (Å²) in [7, 11) is 1.59. The average Bonchev–Trinajstić information content (AvgIpc) is 3.30. The van der Waals surface area contributed by atoms with Gasteiger partial charge >= 0.3 is 5.76 Å². The van der Waals surface area contributed by atoms with Gasteiger partial charge in [0.2, 0.25) is 0 Å². The predicted octanol–water partition coefficient (Wildman–Crippen LogP) is 2.56. The molecule has 0 N–H and O–H groups in total. The summed E-state index contributed by atoms with van der Waals surface area (Å²) in [6.07, 6.45) is 2.38. The second-order valence-corrected chi connectivity index (χ2v) is 6.98. The Bertz CT molecular complexity index is 1080. The van der Waals surface area contributed by atoms with Crippen molar-refractivity contribution in [2.75, 3.05) is 0 Å². The first-order valence-corrected chi connectivity index (χ1v) is 9.33. The fourth-order valence-corrected chi connectivity index (χ4v) is 2.98. The van der Waals surface area contributed by atoms with Crippen molar-refractivity contribution in [3.8, 4) is 11.8 Å². The molecule has 0 atom stereocenters. The van der Waals surface area contributed by atoms with Crippen molar-refractivity contribution in [1.29, 1.82) is 0 Å². The Morgan fingerprint density at radius 3 is 2.89 bits per heavy atom.